The van der Waals surface area contributed by atoms with E-state index in [1.807, 2.05) is 24.3 Å². The Bertz CT molecular complexity index is 535. The minimum atomic E-state index is -0.240. The maximum atomic E-state index is 12.3. The van der Waals surface area contributed by atoms with E-state index in [4.69, 9.17) is 10.00 Å². The zero-order valence-electron chi connectivity index (χ0n) is 10.6. The van der Waals surface area contributed by atoms with Gasteiger partial charge in [-0.25, -0.2) is 0 Å². The van der Waals surface area contributed by atoms with Crippen LogP contribution in [0.3, 0.4) is 0 Å². The zero-order valence-corrected chi connectivity index (χ0v) is 10.6. The molecule has 4 heteroatoms. The van der Waals surface area contributed by atoms with Crippen LogP contribution < -0.4 is 10.1 Å². The highest BCUT2D eigenvalue weighted by Gasteiger charge is 2.34. The van der Waals surface area contributed by atoms with Crippen LogP contribution in [-0.2, 0) is 4.79 Å². The summed E-state index contributed by atoms with van der Waals surface area (Å²) in [5.41, 5.74) is 0.950. The van der Waals surface area contributed by atoms with Gasteiger partial charge in [-0.05, 0) is 25.3 Å². The quantitative estimate of drug-likeness (QED) is 0.880. The highest BCUT2D eigenvalue weighted by atomic mass is 16.5. The van der Waals surface area contributed by atoms with Crippen LogP contribution in [0, 0.1) is 17.2 Å². The second kappa shape index (κ2) is 4.93. The first-order valence-corrected chi connectivity index (χ1v) is 6.71. The number of nitrogens with one attached hydrogen (secondary N) is 1. The van der Waals surface area contributed by atoms with Gasteiger partial charge in [0, 0.05) is 11.6 Å². The van der Waals surface area contributed by atoms with Crippen molar-refractivity contribution in [2.75, 3.05) is 6.61 Å². The molecule has 98 valence electrons. The lowest BCUT2D eigenvalue weighted by atomic mass is 9.99. The molecule has 19 heavy (non-hydrogen) atoms. The molecule has 1 aromatic rings. The molecule has 1 fully saturated rings. The third kappa shape index (κ3) is 2.17. The average molecular weight is 256 g/mol. The molecule has 1 saturated carbocycles. The van der Waals surface area contributed by atoms with Crippen molar-refractivity contribution in [2.45, 2.75) is 31.2 Å². The number of fused-ring (bicyclic) bond motifs is 1. The SMILES string of the molecule is N#CC1CCCC1NC(=O)C1COc2ccccc21. The van der Waals surface area contributed by atoms with Gasteiger partial charge in [0.15, 0.2) is 0 Å². The van der Waals surface area contributed by atoms with Crippen LogP contribution in [-0.4, -0.2) is 18.6 Å². The van der Waals surface area contributed by atoms with Crippen LogP contribution in [0.5, 0.6) is 5.75 Å². The Labute approximate surface area is 112 Å². The second-order valence-electron chi connectivity index (χ2n) is 5.18. The van der Waals surface area contributed by atoms with Crippen molar-refractivity contribution in [3.05, 3.63) is 29.8 Å². The predicted molar refractivity (Wildman–Crippen MR) is 69.6 cm³/mol. The Morgan fingerprint density at radius 2 is 2.21 bits per heavy atom. The summed E-state index contributed by atoms with van der Waals surface area (Å²) in [6, 6.07) is 9.93. The molecule has 3 atom stereocenters. The third-order valence-corrected chi connectivity index (χ3v) is 4.03. The molecule has 1 aromatic carbocycles. The van der Waals surface area contributed by atoms with E-state index in [-0.39, 0.29) is 23.8 Å². The second-order valence-corrected chi connectivity index (χ2v) is 5.18. The number of nitrogens with zero attached hydrogens (tertiary/aromatic N) is 1. The first kappa shape index (κ1) is 12.0. The molecule has 3 rings (SSSR count). The van der Waals surface area contributed by atoms with E-state index < -0.39 is 0 Å². The van der Waals surface area contributed by atoms with Gasteiger partial charge in [-0.15, -0.1) is 0 Å². The molecule has 0 aromatic heterocycles. The van der Waals surface area contributed by atoms with E-state index in [1.54, 1.807) is 0 Å². The molecule has 2 aliphatic rings. The van der Waals surface area contributed by atoms with Crippen LogP contribution in [0.25, 0.3) is 0 Å². The largest absolute Gasteiger partial charge is 0.492 e. The van der Waals surface area contributed by atoms with Crippen molar-refractivity contribution in [3.8, 4) is 11.8 Å². The molecular weight excluding hydrogens is 240 g/mol. The molecule has 1 aliphatic heterocycles. The molecule has 1 aliphatic carbocycles. The molecule has 0 radical (unpaired) electrons. The lowest BCUT2D eigenvalue weighted by Crippen LogP contribution is -2.40. The number of amides is 1. The van der Waals surface area contributed by atoms with Gasteiger partial charge in [0.2, 0.25) is 5.91 Å². The summed E-state index contributed by atoms with van der Waals surface area (Å²) in [6.45, 7) is 0.398. The number of ether oxygens (including phenoxy) is 1. The molecule has 1 heterocycles. The van der Waals surface area contributed by atoms with Crippen LogP contribution >= 0.6 is 0 Å². The third-order valence-electron chi connectivity index (χ3n) is 4.03. The Morgan fingerprint density at radius 3 is 3.05 bits per heavy atom. The van der Waals surface area contributed by atoms with Gasteiger partial charge in [-0.2, -0.15) is 5.26 Å². The summed E-state index contributed by atoms with van der Waals surface area (Å²) in [7, 11) is 0. The maximum Gasteiger partial charge on any atom is 0.231 e. The minimum Gasteiger partial charge on any atom is -0.492 e. The summed E-state index contributed by atoms with van der Waals surface area (Å²) in [5, 5.41) is 12.1. The normalized spacial score (nSPS) is 28.3. The number of hydrogen-bond acceptors (Lipinski definition) is 3. The van der Waals surface area contributed by atoms with Crippen LogP contribution in [0.15, 0.2) is 24.3 Å². The molecule has 0 saturated heterocycles. The van der Waals surface area contributed by atoms with Crippen LogP contribution in [0.4, 0.5) is 0 Å². The van der Waals surface area contributed by atoms with E-state index >= 15 is 0 Å². The van der Waals surface area contributed by atoms with Gasteiger partial charge in [-0.1, -0.05) is 18.2 Å². The monoisotopic (exact) mass is 256 g/mol. The van der Waals surface area contributed by atoms with Gasteiger partial charge in [0.25, 0.3) is 0 Å². The van der Waals surface area contributed by atoms with Crippen molar-refractivity contribution < 1.29 is 9.53 Å². The summed E-state index contributed by atoms with van der Waals surface area (Å²) >= 11 is 0. The highest BCUT2D eigenvalue weighted by molar-refractivity contribution is 5.85. The number of carbonyl (C=O) groups is 1. The summed E-state index contributed by atoms with van der Waals surface area (Å²) in [6.07, 6.45) is 2.80. The number of rotatable bonds is 2. The topological polar surface area (TPSA) is 62.1 Å². The summed E-state index contributed by atoms with van der Waals surface area (Å²) in [4.78, 5) is 12.3. The fourth-order valence-electron chi connectivity index (χ4n) is 2.95. The highest BCUT2D eigenvalue weighted by Crippen LogP contribution is 2.34. The Kier molecular flexibility index (Phi) is 3.12. The first-order valence-electron chi connectivity index (χ1n) is 6.71. The Hall–Kier alpha value is -2.02. The van der Waals surface area contributed by atoms with Gasteiger partial charge in [-0.3, -0.25) is 4.79 Å². The van der Waals surface area contributed by atoms with E-state index in [0.29, 0.717) is 6.61 Å². The molecular formula is C15H16N2O2. The van der Waals surface area contributed by atoms with Gasteiger partial charge >= 0.3 is 0 Å². The molecule has 1 amide bonds. The summed E-state index contributed by atoms with van der Waals surface area (Å²) < 4.78 is 5.52. The maximum absolute atomic E-state index is 12.3. The van der Waals surface area contributed by atoms with Crippen molar-refractivity contribution in [1.29, 1.82) is 5.26 Å². The fraction of sp³-hybridized carbons (Fsp3) is 0.467. The molecule has 4 nitrogen and oxygen atoms in total. The first-order chi connectivity index (χ1) is 9.29. The Morgan fingerprint density at radius 1 is 1.37 bits per heavy atom. The van der Waals surface area contributed by atoms with E-state index in [0.717, 1.165) is 30.6 Å². The molecule has 0 spiro atoms. The van der Waals surface area contributed by atoms with Gasteiger partial charge in [0.1, 0.15) is 18.3 Å². The van der Waals surface area contributed by atoms with Crippen LogP contribution in [0.1, 0.15) is 30.7 Å². The number of nitriles is 1. The zero-order chi connectivity index (χ0) is 13.2. The minimum absolute atomic E-state index is 0.00487. The number of hydrogen-bond donors (Lipinski definition) is 1. The predicted octanol–water partition coefficient (Wildman–Crippen LogP) is 1.97. The molecule has 0 bridgehead atoms. The van der Waals surface area contributed by atoms with E-state index in [1.165, 1.54) is 0 Å². The molecule has 3 unspecified atom stereocenters. The summed E-state index contributed by atoms with van der Waals surface area (Å²) in [5.74, 6) is 0.501. The molecule has 1 N–H and O–H groups in total. The standard InChI is InChI=1S/C15H16N2O2/c16-8-10-4-3-6-13(10)17-15(18)12-9-19-14-7-2-1-5-11(12)14/h1-2,5,7,10,12-13H,3-4,6,9H2,(H,17,18). The number of para-hydroxylation sites is 1. The van der Waals surface area contributed by atoms with E-state index in [2.05, 4.69) is 11.4 Å². The van der Waals surface area contributed by atoms with E-state index in [9.17, 15) is 4.79 Å². The van der Waals surface area contributed by atoms with Crippen molar-refractivity contribution in [3.63, 3.8) is 0 Å². The lowest BCUT2D eigenvalue weighted by Gasteiger charge is -2.18. The lowest BCUT2D eigenvalue weighted by molar-refractivity contribution is -0.123. The number of carbonyl (C=O) groups excluding carboxylic acids is 1. The Balaban J connectivity index is 1.71. The van der Waals surface area contributed by atoms with Crippen molar-refractivity contribution in [2.24, 2.45) is 5.92 Å². The smallest absolute Gasteiger partial charge is 0.231 e. The average Bonchev–Trinajstić information content (AvgIpc) is 3.04. The van der Waals surface area contributed by atoms with Crippen molar-refractivity contribution >= 4 is 5.91 Å². The van der Waals surface area contributed by atoms with Gasteiger partial charge < -0.3 is 10.1 Å². The van der Waals surface area contributed by atoms with Crippen LogP contribution in [0.2, 0.25) is 0 Å². The fourth-order valence-corrected chi connectivity index (χ4v) is 2.95. The van der Waals surface area contributed by atoms with Crippen molar-refractivity contribution in [1.82, 2.24) is 5.32 Å². The van der Waals surface area contributed by atoms with Gasteiger partial charge in [0.05, 0.1) is 12.0 Å². The number of benzene rings is 1.